The Bertz CT molecular complexity index is 910. The predicted octanol–water partition coefficient (Wildman–Crippen LogP) is 2.47. The van der Waals surface area contributed by atoms with E-state index >= 15 is 4.39 Å². The molecule has 0 saturated heterocycles. The molecule has 0 amide bonds. The summed E-state index contributed by atoms with van der Waals surface area (Å²) >= 11 is 0. The quantitative estimate of drug-likeness (QED) is 0.662. The third kappa shape index (κ3) is 2.65. The summed E-state index contributed by atoms with van der Waals surface area (Å²) in [6, 6.07) is 0. The summed E-state index contributed by atoms with van der Waals surface area (Å²) in [5.74, 6) is -2.80. The number of allylic oxidation sites excluding steroid dienone is 4. The van der Waals surface area contributed by atoms with Gasteiger partial charge in [-0.2, -0.15) is 0 Å². The first-order valence-corrected chi connectivity index (χ1v) is 11.0. The van der Waals surface area contributed by atoms with Crippen LogP contribution < -0.4 is 0 Å². The highest BCUT2D eigenvalue weighted by Crippen LogP contribution is 2.70. The molecule has 3 fully saturated rings. The smallest absolute Gasteiger partial charge is 0.303 e. The van der Waals surface area contributed by atoms with Gasteiger partial charge in [0.2, 0.25) is 5.78 Å². The number of hydrogen-bond acceptors (Lipinski definition) is 6. The summed E-state index contributed by atoms with van der Waals surface area (Å²) in [6.07, 6.45) is 4.29. The van der Waals surface area contributed by atoms with Gasteiger partial charge in [-0.3, -0.25) is 14.4 Å². The topological polar surface area (TPSA) is 101 Å². The van der Waals surface area contributed by atoms with Crippen LogP contribution in [0.1, 0.15) is 53.4 Å². The lowest BCUT2D eigenvalue weighted by Crippen LogP contribution is -2.69. The number of alkyl halides is 1. The second kappa shape index (κ2) is 6.82. The van der Waals surface area contributed by atoms with Crippen LogP contribution in [-0.4, -0.2) is 51.7 Å². The van der Waals surface area contributed by atoms with Gasteiger partial charge in [-0.15, -0.1) is 0 Å². The molecule has 0 heterocycles. The Labute approximate surface area is 181 Å². The van der Waals surface area contributed by atoms with Crippen LogP contribution in [0.3, 0.4) is 0 Å². The third-order valence-electron chi connectivity index (χ3n) is 9.05. The van der Waals surface area contributed by atoms with E-state index in [9.17, 15) is 24.6 Å². The number of rotatable bonds is 3. The molecular formula is C24H31FO6. The highest BCUT2D eigenvalue weighted by molar-refractivity contribution is 6.01. The molecule has 0 spiro atoms. The van der Waals surface area contributed by atoms with E-state index in [1.165, 1.54) is 19.1 Å². The maximum atomic E-state index is 17.0. The molecule has 0 aromatic carbocycles. The molecule has 4 aliphatic carbocycles. The number of Topliss-reactive ketones (excluding diaryl/α,β-unsaturated/α-hetero) is 1. The first-order valence-electron chi connectivity index (χ1n) is 11.0. The van der Waals surface area contributed by atoms with E-state index < -0.39 is 58.4 Å². The molecule has 7 heteroatoms. The molecule has 0 aromatic rings. The number of aliphatic hydroxyl groups excluding tert-OH is 1. The van der Waals surface area contributed by atoms with Crippen LogP contribution in [0.2, 0.25) is 0 Å². The van der Waals surface area contributed by atoms with E-state index in [2.05, 4.69) is 0 Å². The van der Waals surface area contributed by atoms with E-state index in [0.717, 1.165) is 0 Å². The van der Waals surface area contributed by atoms with Crippen LogP contribution in [0.25, 0.3) is 0 Å². The lowest BCUT2D eigenvalue weighted by molar-refractivity contribution is -0.219. The van der Waals surface area contributed by atoms with Gasteiger partial charge < -0.3 is 14.9 Å². The number of halogens is 1. The molecule has 8 atom stereocenters. The fourth-order valence-corrected chi connectivity index (χ4v) is 7.42. The van der Waals surface area contributed by atoms with Gasteiger partial charge in [0.1, 0.15) is 5.60 Å². The number of aliphatic hydroxyl groups is 2. The summed E-state index contributed by atoms with van der Waals surface area (Å²) in [4.78, 5) is 36.2. The van der Waals surface area contributed by atoms with Crippen molar-refractivity contribution < 1.29 is 33.7 Å². The standard InChI is InChI=1S/C24H31FO6/c1-13-9-18-17-6-5-15-10-16(27)7-8-21(15,3)23(17,25)19(28)11-22(18,4)24(13,30)20(29)12-31-14(2)26/h7-8,10,13,17-19,28,30H,5-6,9,11-12H2,1-4H3/t13-,17+,18+,19-,21+,22+,23+,24+/m1/s1. The summed E-state index contributed by atoms with van der Waals surface area (Å²) in [5, 5.41) is 22.9. The van der Waals surface area contributed by atoms with Gasteiger partial charge in [0.05, 0.1) is 6.10 Å². The Morgan fingerprint density at radius 2 is 1.97 bits per heavy atom. The van der Waals surface area contributed by atoms with E-state index in [0.29, 0.717) is 24.8 Å². The normalized spacial score (nSPS) is 48.4. The first kappa shape index (κ1) is 22.3. The molecule has 0 unspecified atom stereocenters. The van der Waals surface area contributed by atoms with Crippen molar-refractivity contribution in [2.45, 2.75) is 70.8 Å². The van der Waals surface area contributed by atoms with Crippen molar-refractivity contribution in [1.82, 2.24) is 0 Å². The highest BCUT2D eigenvalue weighted by atomic mass is 19.1. The average Bonchev–Trinajstić information content (AvgIpc) is 2.89. The second-order valence-corrected chi connectivity index (χ2v) is 10.4. The maximum absolute atomic E-state index is 17.0. The molecule has 0 bridgehead atoms. The number of esters is 1. The van der Waals surface area contributed by atoms with Crippen LogP contribution in [0.15, 0.2) is 23.8 Å². The Morgan fingerprint density at radius 1 is 1.29 bits per heavy atom. The Morgan fingerprint density at radius 3 is 2.61 bits per heavy atom. The third-order valence-corrected chi connectivity index (χ3v) is 9.05. The van der Waals surface area contributed by atoms with E-state index in [1.807, 2.05) is 0 Å². The van der Waals surface area contributed by atoms with Crippen LogP contribution in [-0.2, 0) is 19.1 Å². The second-order valence-electron chi connectivity index (χ2n) is 10.4. The van der Waals surface area contributed by atoms with Crippen molar-refractivity contribution >= 4 is 17.5 Å². The minimum atomic E-state index is -2.01. The fraction of sp³-hybridized carbons (Fsp3) is 0.708. The minimum Gasteiger partial charge on any atom is -0.458 e. The summed E-state index contributed by atoms with van der Waals surface area (Å²) in [5.41, 5.74) is -5.33. The van der Waals surface area contributed by atoms with Gasteiger partial charge in [0.25, 0.3) is 0 Å². The number of carbonyl (C=O) groups excluding carboxylic acids is 3. The molecule has 4 aliphatic rings. The number of fused-ring (bicyclic) bond motifs is 5. The fourth-order valence-electron chi connectivity index (χ4n) is 7.42. The van der Waals surface area contributed by atoms with Crippen LogP contribution >= 0.6 is 0 Å². The number of carbonyl (C=O) groups is 3. The van der Waals surface area contributed by atoms with Crippen LogP contribution in [0, 0.1) is 28.6 Å². The van der Waals surface area contributed by atoms with Crippen molar-refractivity contribution in [3.05, 3.63) is 23.8 Å². The molecule has 0 radical (unpaired) electrons. The Hall–Kier alpha value is -1.86. The molecule has 0 aliphatic heterocycles. The van der Waals surface area contributed by atoms with Crippen LogP contribution in [0.5, 0.6) is 0 Å². The molecule has 2 N–H and O–H groups in total. The van der Waals surface area contributed by atoms with Crippen molar-refractivity contribution in [1.29, 1.82) is 0 Å². The van der Waals surface area contributed by atoms with Gasteiger partial charge in [-0.1, -0.05) is 25.5 Å². The zero-order valence-corrected chi connectivity index (χ0v) is 18.5. The average molecular weight is 435 g/mol. The van der Waals surface area contributed by atoms with Gasteiger partial charge in [0, 0.05) is 23.7 Å². The number of ether oxygens (including phenoxy) is 1. The molecular weight excluding hydrogens is 403 g/mol. The first-order chi connectivity index (χ1) is 14.3. The lowest BCUT2D eigenvalue weighted by atomic mass is 9.44. The lowest BCUT2D eigenvalue weighted by Gasteiger charge is -2.62. The molecule has 170 valence electrons. The minimum absolute atomic E-state index is 0.0953. The molecule has 31 heavy (non-hydrogen) atoms. The van der Waals surface area contributed by atoms with E-state index in [1.54, 1.807) is 26.8 Å². The van der Waals surface area contributed by atoms with Crippen molar-refractivity contribution in [3.63, 3.8) is 0 Å². The SMILES string of the molecule is CC(=O)OCC(=O)[C@@]1(O)[C@H](C)C[C@H]2[C@@H]3CCC4=CC(=O)C=C[C@]4(C)[C@@]3(F)[C@H](O)C[C@@]21C. The Kier molecular flexibility index (Phi) is 4.91. The van der Waals surface area contributed by atoms with Gasteiger partial charge in [-0.05, 0) is 56.6 Å². The maximum Gasteiger partial charge on any atom is 0.303 e. The number of ketones is 2. The molecule has 4 rings (SSSR count). The zero-order valence-electron chi connectivity index (χ0n) is 18.5. The monoisotopic (exact) mass is 434 g/mol. The van der Waals surface area contributed by atoms with Crippen molar-refractivity contribution in [2.75, 3.05) is 6.61 Å². The largest absolute Gasteiger partial charge is 0.458 e. The molecule has 6 nitrogen and oxygen atoms in total. The van der Waals surface area contributed by atoms with Crippen molar-refractivity contribution in [2.24, 2.45) is 28.6 Å². The summed E-state index contributed by atoms with van der Waals surface area (Å²) in [7, 11) is 0. The van der Waals surface area contributed by atoms with Crippen LogP contribution in [0.4, 0.5) is 4.39 Å². The van der Waals surface area contributed by atoms with E-state index in [4.69, 9.17) is 4.74 Å². The van der Waals surface area contributed by atoms with Gasteiger partial charge >= 0.3 is 5.97 Å². The molecule has 0 aromatic heterocycles. The van der Waals surface area contributed by atoms with Gasteiger partial charge in [-0.25, -0.2) is 4.39 Å². The number of hydrogen-bond donors (Lipinski definition) is 2. The highest BCUT2D eigenvalue weighted by Gasteiger charge is 2.75. The zero-order chi connectivity index (χ0) is 23.0. The van der Waals surface area contributed by atoms with E-state index in [-0.39, 0.29) is 18.1 Å². The summed E-state index contributed by atoms with van der Waals surface area (Å²) in [6.45, 7) is 5.89. The molecule has 3 saturated carbocycles. The Balaban J connectivity index is 1.76. The predicted molar refractivity (Wildman–Crippen MR) is 109 cm³/mol. The summed E-state index contributed by atoms with van der Waals surface area (Å²) < 4.78 is 21.9. The van der Waals surface area contributed by atoms with Gasteiger partial charge in [0.15, 0.2) is 18.1 Å². The van der Waals surface area contributed by atoms with Crippen molar-refractivity contribution in [3.8, 4) is 0 Å².